The zero-order valence-corrected chi connectivity index (χ0v) is 16.5. The molecule has 7 nitrogen and oxygen atoms in total. The van der Waals surface area contributed by atoms with Crippen LogP contribution in [-0.2, 0) is 21.2 Å². The molecule has 8 heteroatoms. The lowest BCUT2D eigenvalue weighted by Gasteiger charge is -2.08. The van der Waals surface area contributed by atoms with Crippen molar-refractivity contribution in [3.63, 3.8) is 0 Å². The van der Waals surface area contributed by atoms with Crippen molar-refractivity contribution in [2.75, 3.05) is 5.32 Å². The minimum Gasteiger partial charge on any atom is -0.326 e. The van der Waals surface area contributed by atoms with Gasteiger partial charge in [0.2, 0.25) is 15.9 Å². The minimum absolute atomic E-state index is 0.00759. The van der Waals surface area contributed by atoms with Gasteiger partial charge in [0, 0.05) is 17.8 Å². The molecular weight excluding hydrogens is 376 g/mol. The highest BCUT2D eigenvalue weighted by Gasteiger charge is 2.09. The van der Waals surface area contributed by atoms with Crippen LogP contribution in [-0.4, -0.2) is 24.1 Å². The average Bonchev–Trinajstić information content (AvgIpc) is 2.98. The van der Waals surface area contributed by atoms with E-state index in [1.165, 1.54) is 24.3 Å². The van der Waals surface area contributed by atoms with E-state index in [-0.39, 0.29) is 10.8 Å². The van der Waals surface area contributed by atoms with Crippen LogP contribution in [0.25, 0.3) is 5.69 Å². The number of carbonyl (C=O) groups excluding carboxylic acids is 1. The third kappa shape index (κ3) is 4.85. The van der Waals surface area contributed by atoms with Crippen LogP contribution >= 0.6 is 0 Å². The Balaban J connectivity index is 1.56. The quantitative estimate of drug-likeness (QED) is 0.666. The molecule has 0 saturated carbocycles. The number of aryl methyl sites for hydroxylation is 3. The van der Waals surface area contributed by atoms with Crippen molar-refractivity contribution in [2.24, 2.45) is 5.14 Å². The number of anilines is 1. The minimum atomic E-state index is -3.74. The Kier molecular flexibility index (Phi) is 5.62. The second-order valence-electron chi connectivity index (χ2n) is 6.62. The van der Waals surface area contributed by atoms with Crippen LogP contribution < -0.4 is 10.5 Å². The van der Waals surface area contributed by atoms with Gasteiger partial charge in [-0.2, -0.15) is 5.10 Å². The first-order valence-electron chi connectivity index (χ1n) is 8.78. The first kappa shape index (κ1) is 19.8. The lowest BCUT2D eigenvalue weighted by atomic mass is 10.1. The summed E-state index contributed by atoms with van der Waals surface area (Å²) >= 11 is 0. The van der Waals surface area contributed by atoms with E-state index in [4.69, 9.17) is 5.14 Å². The van der Waals surface area contributed by atoms with Crippen molar-refractivity contribution in [1.29, 1.82) is 0 Å². The predicted molar refractivity (Wildman–Crippen MR) is 108 cm³/mol. The van der Waals surface area contributed by atoms with Gasteiger partial charge in [-0.3, -0.25) is 4.79 Å². The van der Waals surface area contributed by atoms with Crippen LogP contribution in [0.4, 0.5) is 5.69 Å². The van der Waals surface area contributed by atoms with Crippen LogP contribution in [0.3, 0.4) is 0 Å². The molecular formula is C20H22N4O3S. The second-order valence-corrected chi connectivity index (χ2v) is 8.18. The lowest BCUT2D eigenvalue weighted by molar-refractivity contribution is -0.116. The molecule has 1 heterocycles. The Morgan fingerprint density at radius 1 is 1.07 bits per heavy atom. The lowest BCUT2D eigenvalue weighted by Crippen LogP contribution is -2.14. The van der Waals surface area contributed by atoms with Gasteiger partial charge in [0.05, 0.1) is 16.3 Å². The van der Waals surface area contributed by atoms with Crippen molar-refractivity contribution >= 4 is 21.6 Å². The van der Waals surface area contributed by atoms with Gasteiger partial charge in [-0.15, -0.1) is 0 Å². The van der Waals surface area contributed by atoms with E-state index < -0.39 is 10.0 Å². The van der Waals surface area contributed by atoms with Gasteiger partial charge in [0.15, 0.2) is 0 Å². The average molecular weight is 398 g/mol. The highest BCUT2D eigenvalue weighted by molar-refractivity contribution is 7.89. The first-order valence-corrected chi connectivity index (χ1v) is 10.3. The van der Waals surface area contributed by atoms with Crippen molar-refractivity contribution in [2.45, 2.75) is 31.6 Å². The number of primary sulfonamides is 1. The number of amides is 1. The van der Waals surface area contributed by atoms with Gasteiger partial charge in [-0.25, -0.2) is 18.2 Å². The third-order valence-corrected chi connectivity index (χ3v) is 5.23. The number of carbonyl (C=O) groups is 1. The maximum Gasteiger partial charge on any atom is 0.238 e. The number of hydrogen-bond acceptors (Lipinski definition) is 4. The molecule has 3 aromatic rings. The molecule has 0 bridgehead atoms. The molecule has 1 aromatic heterocycles. The number of nitrogens with two attached hydrogens (primary N) is 1. The van der Waals surface area contributed by atoms with Gasteiger partial charge >= 0.3 is 0 Å². The monoisotopic (exact) mass is 398 g/mol. The van der Waals surface area contributed by atoms with E-state index in [2.05, 4.69) is 10.4 Å². The van der Waals surface area contributed by atoms with Crippen LogP contribution in [0, 0.1) is 13.8 Å². The molecule has 0 aliphatic heterocycles. The van der Waals surface area contributed by atoms with Gasteiger partial charge in [-0.05, 0) is 68.3 Å². The Bertz CT molecular complexity index is 1090. The van der Waals surface area contributed by atoms with Crippen LogP contribution in [0.2, 0.25) is 0 Å². The number of nitrogens with one attached hydrogen (secondary N) is 1. The van der Waals surface area contributed by atoms with Crippen molar-refractivity contribution < 1.29 is 13.2 Å². The maximum absolute atomic E-state index is 12.1. The fourth-order valence-electron chi connectivity index (χ4n) is 2.90. The van der Waals surface area contributed by atoms with Crippen molar-refractivity contribution in [3.8, 4) is 5.69 Å². The summed E-state index contributed by atoms with van der Waals surface area (Å²) in [5.74, 6) is -0.147. The van der Waals surface area contributed by atoms with Crippen LogP contribution in [0.5, 0.6) is 0 Å². The molecule has 146 valence electrons. The SMILES string of the molecule is Cc1cc(C)n(-c2ccc(CCC(=O)Nc3ccc(S(N)(=O)=O)cc3)cc2)n1. The Labute approximate surface area is 164 Å². The molecule has 0 aliphatic rings. The molecule has 28 heavy (non-hydrogen) atoms. The molecule has 2 aromatic carbocycles. The predicted octanol–water partition coefficient (Wildman–Crippen LogP) is 2.71. The second kappa shape index (κ2) is 7.95. The molecule has 0 aliphatic carbocycles. The smallest absolute Gasteiger partial charge is 0.238 e. The number of benzene rings is 2. The summed E-state index contributed by atoms with van der Waals surface area (Å²) in [5.41, 5.74) is 4.59. The number of rotatable bonds is 6. The Morgan fingerprint density at radius 2 is 1.71 bits per heavy atom. The number of hydrogen-bond donors (Lipinski definition) is 2. The molecule has 0 fully saturated rings. The van der Waals surface area contributed by atoms with Gasteiger partial charge in [0.25, 0.3) is 0 Å². The largest absolute Gasteiger partial charge is 0.326 e. The fourth-order valence-corrected chi connectivity index (χ4v) is 3.42. The fraction of sp³-hybridized carbons (Fsp3) is 0.200. The van der Waals surface area contributed by atoms with Crippen LogP contribution in [0.1, 0.15) is 23.4 Å². The molecule has 0 saturated heterocycles. The van der Waals surface area contributed by atoms with E-state index in [0.717, 1.165) is 22.6 Å². The van der Waals surface area contributed by atoms with Gasteiger partial charge < -0.3 is 5.32 Å². The molecule has 0 atom stereocenters. The summed E-state index contributed by atoms with van der Waals surface area (Å²) in [6.45, 7) is 3.96. The van der Waals surface area contributed by atoms with Gasteiger partial charge in [-0.1, -0.05) is 12.1 Å². The summed E-state index contributed by atoms with van der Waals surface area (Å²) in [4.78, 5) is 12.1. The molecule has 3 N–H and O–H groups in total. The standard InChI is InChI=1S/C20H22N4O3S/c1-14-13-15(2)24(23-14)18-8-3-16(4-9-18)5-12-20(25)22-17-6-10-19(11-7-17)28(21,26)27/h3-4,6-11,13H,5,12H2,1-2H3,(H,22,25)(H2,21,26,27). The van der Waals surface area contributed by atoms with E-state index in [1.54, 1.807) is 0 Å². The normalized spacial score (nSPS) is 11.4. The number of sulfonamides is 1. The highest BCUT2D eigenvalue weighted by atomic mass is 32.2. The van der Waals surface area contributed by atoms with E-state index in [9.17, 15) is 13.2 Å². The highest BCUT2D eigenvalue weighted by Crippen LogP contribution is 2.15. The molecule has 1 amide bonds. The molecule has 0 unspecified atom stereocenters. The van der Waals surface area contributed by atoms with Gasteiger partial charge in [0.1, 0.15) is 0 Å². The number of nitrogens with zero attached hydrogens (tertiary/aromatic N) is 2. The van der Waals surface area contributed by atoms with Crippen LogP contribution in [0.15, 0.2) is 59.5 Å². The maximum atomic E-state index is 12.1. The van der Waals surface area contributed by atoms with Crippen molar-refractivity contribution in [3.05, 3.63) is 71.5 Å². The zero-order valence-electron chi connectivity index (χ0n) is 15.7. The Hall–Kier alpha value is -2.97. The van der Waals surface area contributed by atoms with E-state index in [1.807, 2.05) is 48.9 Å². The third-order valence-electron chi connectivity index (χ3n) is 4.30. The number of aromatic nitrogens is 2. The first-order chi connectivity index (χ1) is 13.2. The van der Waals surface area contributed by atoms with E-state index in [0.29, 0.717) is 18.5 Å². The summed E-state index contributed by atoms with van der Waals surface area (Å²) in [6, 6.07) is 15.7. The van der Waals surface area contributed by atoms with E-state index >= 15 is 0 Å². The summed E-state index contributed by atoms with van der Waals surface area (Å²) in [5, 5.41) is 12.3. The van der Waals surface area contributed by atoms with Crippen molar-refractivity contribution in [1.82, 2.24) is 9.78 Å². The summed E-state index contributed by atoms with van der Waals surface area (Å²) in [7, 11) is -3.74. The molecule has 0 radical (unpaired) electrons. The molecule has 3 rings (SSSR count). The molecule has 0 spiro atoms. The topological polar surface area (TPSA) is 107 Å². The summed E-state index contributed by atoms with van der Waals surface area (Å²) < 4.78 is 24.4. The zero-order chi connectivity index (χ0) is 20.3. The summed E-state index contributed by atoms with van der Waals surface area (Å²) in [6.07, 6.45) is 0.911. The Morgan fingerprint density at radius 3 is 2.25 bits per heavy atom.